The van der Waals surface area contributed by atoms with Crippen LogP contribution in [0.4, 0.5) is 0 Å². The second-order valence-electron chi connectivity index (χ2n) is 2.37. The van der Waals surface area contributed by atoms with E-state index in [1.807, 2.05) is 0 Å². The lowest BCUT2D eigenvalue weighted by molar-refractivity contribution is 0.428. The first-order valence-corrected chi connectivity index (χ1v) is 3.41. The van der Waals surface area contributed by atoms with E-state index in [2.05, 4.69) is 6.07 Å². The van der Waals surface area contributed by atoms with Crippen LogP contribution in [0.3, 0.4) is 0 Å². The molecule has 2 rings (SSSR count). The second-order valence-corrected chi connectivity index (χ2v) is 2.37. The maximum atomic E-state index is 10.8. The van der Waals surface area contributed by atoms with E-state index < -0.39 is 5.63 Å². The van der Waals surface area contributed by atoms with Gasteiger partial charge in [0.15, 0.2) is 0 Å². The van der Waals surface area contributed by atoms with Crippen molar-refractivity contribution in [3.8, 4) is 5.75 Å². The molecule has 0 aliphatic heterocycles. The van der Waals surface area contributed by atoms with Crippen LogP contribution in [0.25, 0.3) is 11.0 Å². The standard InChI is InChI=1S/C9H5O3/c10-7-5-6-3-1-2-4-8(6)12-9(7)11/h1-3,5,10H. The van der Waals surface area contributed by atoms with Gasteiger partial charge in [0.2, 0.25) is 5.75 Å². The molecule has 2 aromatic rings. The van der Waals surface area contributed by atoms with Crippen molar-refractivity contribution in [1.82, 2.24) is 0 Å². The molecule has 0 unspecified atom stereocenters. The molecule has 1 heterocycles. The molecule has 1 aromatic heterocycles. The van der Waals surface area contributed by atoms with Crippen molar-refractivity contribution in [3.05, 3.63) is 40.8 Å². The topological polar surface area (TPSA) is 50.4 Å². The molecule has 12 heavy (non-hydrogen) atoms. The average molecular weight is 161 g/mol. The highest BCUT2D eigenvalue weighted by atomic mass is 16.4. The minimum atomic E-state index is -0.732. The maximum absolute atomic E-state index is 10.8. The normalized spacial score (nSPS) is 10.3. The second kappa shape index (κ2) is 2.37. The molecule has 59 valence electrons. The van der Waals surface area contributed by atoms with Gasteiger partial charge in [-0.3, -0.25) is 0 Å². The molecule has 0 aliphatic carbocycles. The number of fused-ring (bicyclic) bond motifs is 1. The van der Waals surface area contributed by atoms with Gasteiger partial charge in [0, 0.05) is 11.5 Å². The van der Waals surface area contributed by atoms with Crippen LogP contribution in [0.15, 0.2) is 33.5 Å². The molecule has 0 spiro atoms. The fraction of sp³-hybridized carbons (Fsp3) is 0. The molecule has 0 fully saturated rings. The van der Waals surface area contributed by atoms with Crippen LogP contribution in [-0.2, 0) is 0 Å². The monoisotopic (exact) mass is 161 g/mol. The fourth-order valence-electron chi connectivity index (χ4n) is 0.988. The molecule has 0 atom stereocenters. The predicted octanol–water partition coefficient (Wildman–Crippen LogP) is 1.30. The minimum absolute atomic E-state index is 0.361. The summed E-state index contributed by atoms with van der Waals surface area (Å²) in [6.45, 7) is 0. The van der Waals surface area contributed by atoms with Crippen molar-refractivity contribution in [1.29, 1.82) is 0 Å². The number of benzene rings is 1. The molecule has 1 radical (unpaired) electrons. The van der Waals surface area contributed by atoms with Gasteiger partial charge < -0.3 is 9.52 Å². The third kappa shape index (κ3) is 0.955. The largest absolute Gasteiger partial charge is 0.502 e. The number of hydrogen-bond acceptors (Lipinski definition) is 3. The number of rotatable bonds is 0. The van der Waals surface area contributed by atoms with Gasteiger partial charge in [0.05, 0.1) is 0 Å². The zero-order valence-corrected chi connectivity index (χ0v) is 6.07. The summed E-state index contributed by atoms with van der Waals surface area (Å²) in [4.78, 5) is 10.8. The highest BCUT2D eigenvalue weighted by Crippen LogP contribution is 2.14. The zero-order chi connectivity index (χ0) is 8.55. The summed E-state index contributed by atoms with van der Waals surface area (Å²) in [6.07, 6.45) is 0. The van der Waals surface area contributed by atoms with E-state index in [1.165, 1.54) is 6.07 Å². The van der Waals surface area contributed by atoms with Crippen LogP contribution in [0.2, 0.25) is 0 Å². The molecular formula is C9H5O3. The Bertz CT molecular complexity index is 470. The van der Waals surface area contributed by atoms with Crippen molar-refractivity contribution in [2.75, 3.05) is 0 Å². The van der Waals surface area contributed by atoms with Gasteiger partial charge in [-0.15, -0.1) is 0 Å². The van der Waals surface area contributed by atoms with E-state index in [0.29, 0.717) is 11.0 Å². The molecule has 1 aromatic carbocycles. The quantitative estimate of drug-likeness (QED) is 0.592. The smallest absolute Gasteiger partial charge is 0.378 e. The third-order valence-corrected chi connectivity index (χ3v) is 1.54. The molecule has 3 heteroatoms. The fourth-order valence-corrected chi connectivity index (χ4v) is 0.988. The van der Waals surface area contributed by atoms with E-state index in [0.717, 1.165) is 0 Å². The van der Waals surface area contributed by atoms with Crippen molar-refractivity contribution in [2.24, 2.45) is 0 Å². The van der Waals surface area contributed by atoms with Crippen molar-refractivity contribution >= 4 is 11.0 Å². The molecule has 0 aliphatic rings. The maximum Gasteiger partial charge on any atom is 0.378 e. The molecule has 0 bridgehead atoms. The average Bonchev–Trinajstić information content (AvgIpc) is 2.07. The van der Waals surface area contributed by atoms with Crippen LogP contribution >= 0.6 is 0 Å². The lowest BCUT2D eigenvalue weighted by Gasteiger charge is -1.94. The van der Waals surface area contributed by atoms with Gasteiger partial charge in [0.1, 0.15) is 5.58 Å². The summed E-state index contributed by atoms with van der Waals surface area (Å²) in [6, 6.07) is 9.22. The highest BCUT2D eigenvalue weighted by molar-refractivity contribution is 5.76. The minimum Gasteiger partial charge on any atom is -0.502 e. The van der Waals surface area contributed by atoms with Crippen LogP contribution in [0.5, 0.6) is 5.75 Å². The van der Waals surface area contributed by atoms with E-state index in [9.17, 15) is 4.79 Å². The highest BCUT2D eigenvalue weighted by Gasteiger charge is 2.01. The Labute approximate surface area is 67.9 Å². The van der Waals surface area contributed by atoms with E-state index in [1.54, 1.807) is 18.2 Å². The summed E-state index contributed by atoms with van der Waals surface area (Å²) in [5, 5.41) is 9.66. The van der Waals surface area contributed by atoms with Crippen molar-refractivity contribution in [2.45, 2.75) is 0 Å². The Kier molecular flexibility index (Phi) is 1.37. The van der Waals surface area contributed by atoms with Gasteiger partial charge in [0.25, 0.3) is 0 Å². The summed E-state index contributed by atoms with van der Waals surface area (Å²) >= 11 is 0. The van der Waals surface area contributed by atoms with Gasteiger partial charge in [-0.05, 0) is 6.07 Å². The van der Waals surface area contributed by atoms with E-state index >= 15 is 0 Å². The Hall–Kier alpha value is -1.77. The van der Waals surface area contributed by atoms with Crippen LogP contribution in [0, 0.1) is 6.07 Å². The first-order chi connectivity index (χ1) is 5.77. The Balaban J connectivity index is 2.93. The molecule has 1 N–H and O–H groups in total. The lowest BCUT2D eigenvalue weighted by atomic mass is 10.2. The number of aromatic hydroxyl groups is 1. The molecule has 0 saturated heterocycles. The van der Waals surface area contributed by atoms with Crippen LogP contribution < -0.4 is 5.63 Å². The van der Waals surface area contributed by atoms with Crippen LogP contribution in [0.1, 0.15) is 0 Å². The van der Waals surface area contributed by atoms with Gasteiger partial charge in [-0.2, -0.15) is 0 Å². The molecule has 0 saturated carbocycles. The lowest BCUT2D eigenvalue weighted by Crippen LogP contribution is -1.96. The van der Waals surface area contributed by atoms with Gasteiger partial charge >= 0.3 is 5.63 Å². The SMILES string of the molecule is O=c1oc2[c]cccc2cc1O. The van der Waals surface area contributed by atoms with E-state index in [-0.39, 0.29) is 5.75 Å². The first-order valence-electron chi connectivity index (χ1n) is 3.41. The van der Waals surface area contributed by atoms with E-state index in [4.69, 9.17) is 9.52 Å². The van der Waals surface area contributed by atoms with Gasteiger partial charge in [-0.25, -0.2) is 4.79 Å². The summed E-state index contributed by atoms with van der Waals surface area (Å²) in [7, 11) is 0. The molecule has 0 amide bonds. The predicted molar refractivity (Wildman–Crippen MR) is 43.0 cm³/mol. The summed E-state index contributed by atoms with van der Waals surface area (Å²) in [5.74, 6) is -0.373. The number of para-hydroxylation sites is 1. The zero-order valence-electron chi connectivity index (χ0n) is 6.07. The Morgan fingerprint density at radius 2 is 2.33 bits per heavy atom. The third-order valence-electron chi connectivity index (χ3n) is 1.54. The Morgan fingerprint density at radius 3 is 3.17 bits per heavy atom. The Morgan fingerprint density at radius 1 is 1.50 bits per heavy atom. The van der Waals surface area contributed by atoms with Crippen molar-refractivity contribution in [3.63, 3.8) is 0 Å². The van der Waals surface area contributed by atoms with Crippen molar-refractivity contribution < 1.29 is 9.52 Å². The summed E-state index contributed by atoms with van der Waals surface area (Å²) in [5.41, 5.74) is -0.370. The van der Waals surface area contributed by atoms with Crippen LogP contribution in [-0.4, -0.2) is 5.11 Å². The molecular weight excluding hydrogens is 156 g/mol. The van der Waals surface area contributed by atoms with Gasteiger partial charge in [-0.1, -0.05) is 18.2 Å². The number of hydrogen-bond donors (Lipinski definition) is 1. The first kappa shape index (κ1) is 6.91. The summed E-state index contributed by atoms with van der Waals surface area (Å²) < 4.78 is 4.73. The molecule has 3 nitrogen and oxygen atoms in total.